The first-order valence-corrected chi connectivity index (χ1v) is 9.75. The second kappa shape index (κ2) is 7.71. The van der Waals surface area contributed by atoms with Crippen molar-refractivity contribution >= 4 is 23.2 Å². The van der Waals surface area contributed by atoms with Crippen LogP contribution in [-0.4, -0.2) is 51.3 Å². The Balaban J connectivity index is 1.62. The molecule has 0 unspecified atom stereocenters. The molecule has 1 aliphatic heterocycles. The second-order valence-corrected chi connectivity index (χ2v) is 7.29. The highest BCUT2D eigenvalue weighted by molar-refractivity contribution is 6.30. The zero-order valence-electron chi connectivity index (χ0n) is 15.4. The van der Waals surface area contributed by atoms with Crippen molar-refractivity contribution in [1.29, 1.82) is 0 Å². The minimum Gasteiger partial charge on any atom is -0.340 e. The molecule has 1 aromatic carbocycles. The fourth-order valence-corrected chi connectivity index (χ4v) is 3.75. The highest BCUT2D eigenvalue weighted by Gasteiger charge is 2.22. The summed E-state index contributed by atoms with van der Waals surface area (Å²) in [5.74, 6) is 0.242. The van der Waals surface area contributed by atoms with Gasteiger partial charge in [0.1, 0.15) is 5.65 Å². The van der Waals surface area contributed by atoms with E-state index in [-0.39, 0.29) is 5.91 Å². The van der Waals surface area contributed by atoms with Crippen LogP contribution in [0.5, 0.6) is 0 Å². The number of carbonyl (C=O) groups is 1. The summed E-state index contributed by atoms with van der Waals surface area (Å²) in [6.45, 7) is 6.07. The smallest absolute Gasteiger partial charge is 0.222 e. The summed E-state index contributed by atoms with van der Waals surface area (Å²) in [5.41, 5.74) is 4.17. The molecular formula is C21H23ClN4O. The topological polar surface area (TPSA) is 40.9 Å². The number of nitrogens with zero attached hydrogens (tertiary/aromatic N) is 4. The monoisotopic (exact) mass is 382 g/mol. The Morgan fingerprint density at radius 1 is 1.07 bits per heavy atom. The molecule has 0 radical (unpaired) electrons. The average Bonchev–Trinajstić information content (AvgIpc) is 3.07. The number of piperazine rings is 1. The van der Waals surface area contributed by atoms with Crippen LogP contribution in [0.4, 0.5) is 0 Å². The van der Waals surface area contributed by atoms with Crippen LogP contribution in [0, 0.1) is 0 Å². The van der Waals surface area contributed by atoms with Crippen LogP contribution in [0.3, 0.4) is 0 Å². The Morgan fingerprint density at radius 2 is 1.81 bits per heavy atom. The van der Waals surface area contributed by atoms with Gasteiger partial charge in [0.2, 0.25) is 5.91 Å². The van der Waals surface area contributed by atoms with E-state index < -0.39 is 0 Å². The lowest BCUT2D eigenvalue weighted by Crippen LogP contribution is -2.48. The van der Waals surface area contributed by atoms with Crippen molar-refractivity contribution in [3.8, 4) is 11.3 Å². The van der Waals surface area contributed by atoms with Crippen LogP contribution in [-0.2, 0) is 11.3 Å². The zero-order chi connectivity index (χ0) is 18.8. The first-order chi connectivity index (χ1) is 13.2. The minimum atomic E-state index is 0.242. The number of aromatic nitrogens is 2. The Kier molecular flexibility index (Phi) is 5.14. The van der Waals surface area contributed by atoms with E-state index in [1.165, 1.54) is 5.69 Å². The molecule has 2 aromatic heterocycles. The summed E-state index contributed by atoms with van der Waals surface area (Å²) >= 11 is 6.06. The number of carbonyl (C=O) groups excluding carboxylic acids is 1. The summed E-state index contributed by atoms with van der Waals surface area (Å²) in [6, 6.07) is 13.9. The lowest BCUT2D eigenvalue weighted by molar-refractivity contribution is -0.132. The molecule has 3 heterocycles. The third-order valence-corrected chi connectivity index (χ3v) is 5.40. The maximum absolute atomic E-state index is 11.9. The molecule has 4 rings (SSSR count). The largest absolute Gasteiger partial charge is 0.340 e. The van der Waals surface area contributed by atoms with Gasteiger partial charge in [-0.25, -0.2) is 4.98 Å². The average molecular weight is 383 g/mol. The predicted octanol–water partition coefficient (Wildman–Crippen LogP) is 3.71. The van der Waals surface area contributed by atoms with Gasteiger partial charge in [0.25, 0.3) is 0 Å². The highest BCUT2D eigenvalue weighted by atomic mass is 35.5. The lowest BCUT2D eigenvalue weighted by Gasteiger charge is -2.34. The third-order valence-electron chi connectivity index (χ3n) is 5.15. The fourth-order valence-electron chi connectivity index (χ4n) is 3.63. The number of pyridine rings is 1. The summed E-state index contributed by atoms with van der Waals surface area (Å²) in [6.07, 6.45) is 2.64. The number of hydrogen-bond donors (Lipinski definition) is 0. The van der Waals surface area contributed by atoms with E-state index in [0.717, 1.165) is 54.7 Å². The van der Waals surface area contributed by atoms with Gasteiger partial charge in [-0.1, -0.05) is 36.7 Å². The molecule has 0 bridgehead atoms. The normalized spacial score (nSPS) is 15.4. The van der Waals surface area contributed by atoms with Gasteiger partial charge in [-0.2, -0.15) is 0 Å². The van der Waals surface area contributed by atoms with Gasteiger partial charge in [0.05, 0.1) is 11.4 Å². The van der Waals surface area contributed by atoms with Crippen molar-refractivity contribution < 1.29 is 4.79 Å². The first-order valence-electron chi connectivity index (χ1n) is 9.37. The summed E-state index contributed by atoms with van der Waals surface area (Å²) in [5, 5.41) is 0.723. The van der Waals surface area contributed by atoms with Crippen LogP contribution >= 0.6 is 11.6 Å². The number of halogens is 1. The third kappa shape index (κ3) is 3.70. The van der Waals surface area contributed by atoms with Gasteiger partial charge in [0, 0.05) is 55.9 Å². The predicted molar refractivity (Wildman–Crippen MR) is 108 cm³/mol. The highest BCUT2D eigenvalue weighted by Crippen LogP contribution is 2.27. The maximum Gasteiger partial charge on any atom is 0.222 e. The molecule has 6 heteroatoms. The maximum atomic E-state index is 11.9. The molecule has 27 heavy (non-hydrogen) atoms. The van der Waals surface area contributed by atoms with Crippen LogP contribution in [0.1, 0.15) is 19.0 Å². The number of hydrogen-bond acceptors (Lipinski definition) is 3. The second-order valence-electron chi connectivity index (χ2n) is 6.85. The van der Waals surface area contributed by atoms with Gasteiger partial charge in [-0.3, -0.25) is 9.69 Å². The Morgan fingerprint density at radius 3 is 2.52 bits per heavy atom. The van der Waals surface area contributed by atoms with Crippen LogP contribution in [0.15, 0.2) is 48.7 Å². The van der Waals surface area contributed by atoms with E-state index in [1.54, 1.807) is 0 Å². The summed E-state index contributed by atoms with van der Waals surface area (Å²) in [4.78, 5) is 21.1. The van der Waals surface area contributed by atoms with Crippen LogP contribution < -0.4 is 0 Å². The van der Waals surface area contributed by atoms with Crippen molar-refractivity contribution in [3.05, 3.63) is 59.4 Å². The SMILES string of the molecule is CCC(=O)N1CCN(Cc2c(-c3ccc(Cl)cc3)nc3ccccn23)CC1. The Hall–Kier alpha value is -2.37. The summed E-state index contributed by atoms with van der Waals surface area (Å²) < 4.78 is 2.16. The molecule has 0 N–H and O–H groups in total. The fraction of sp³-hybridized carbons (Fsp3) is 0.333. The molecule has 1 amide bonds. The van der Waals surface area contributed by atoms with E-state index in [0.29, 0.717) is 6.42 Å². The number of fused-ring (bicyclic) bond motifs is 1. The van der Waals surface area contributed by atoms with Gasteiger partial charge in [0.15, 0.2) is 0 Å². The van der Waals surface area contributed by atoms with Gasteiger partial charge in [-0.05, 0) is 24.3 Å². The van der Waals surface area contributed by atoms with Crippen LogP contribution in [0.2, 0.25) is 5.02 Å². The number of amides is 1. The molecule has 5 nitrogen and oxygen atoms in total. The van der Waals surface area contributed by atoms with Gasteiger partial charge < -0.3 is 9.30 Å². The molecule has 0 saturated carbocycles. The standard InChI is InChI=1S/C21H23ClN4O/c1-2-20(27)25-13-11-24(12-14-25)15-18-21(16-6-8-17(22)9-7-16)23-19-5-3-4-10-26(18)19/h3-10H,2,11-15H2,1H3. The number of benzene rings is 1. The van der Waals surface area contributed by atoms with Crippen molar-refractivity contribution in [2.75, 3.05) is 26.2 Å². The molecule has 1 saturated heterocycles. The van der Waals surface area contributed by atoms with Gasteiger partial charge >= 0.3 is 0 Å². The van der Waals surface area contributed by atoms with E-state index >= 15 is 0 Å². The van der Waals surface area contributed by atoms with E-state index in [1.807, 2.05) is 54.3 Å². The molecular weight excluding hydrogens is 360 g/mol. The van der Waals surface area contributed by atoms with Crippen LogP contribution in [0.25, 0.3) is 16.9 Å². The van der Waals surface area contributed by atoms with E-state index in [2.05, 4.69) is 15.5 Å². The Labute approximate surface area is 164 Å². The van der Waals surface area contributed by atoms with E-state index in [4.69, 9.17) is 16.6 Å². The molecule has 1 fully saturated rings. The van der Waals surface area contributed by atoms with Crippen molar-refractivity contribution in [2.45, 2.75) is 19.9 Å². The molecule has 0 spiro atoms. The van der Waals surface area contributed by atoms with Crippen molar-refractivity contribution in [1.82, 2.24) is 19.2 Å². The quantitative estimate of drug-likeness (QED) is 0.690. The number of rotatable bonds is 4. The molecule has 3 aromatic rings. The number of imidazole rings is 1. The molecule has 1 aliphatic rings. The van der Waals surface area contributed by atoms with E-state index in [9.17, 15) is 4.79 Å². The molecule has 0 atom stereocenters. The first kappa shape index (κ1) is 18.0. The summed E-state index contributed by atoms with van der Waals surface area (Å²) in [7, 11) is 0. The van der Waals surface area contributed by atoms with Crippen molar-refractivity contribution in [3.63, 3.8) is 0 Å². The van der Waals surface area contributed by atoms with Crippen molar-refractivity contribution in [2.24, 2.45) is 0 Å². The molecule has 0 aliphatic carbocycles. The zero-order valence-corrected chi connectivity index (χ0v) is 16.2. The lowest BCUT2D eigenvalue weighted by atomic mass is 10.1. The Bertz CT molecular complexity index is 942. The van der Waals surface area contributed by atoms with Gasteiger partial charge in [-0.15, -0.1) is 0 Å². The molecule has 140 valence electrons. The minimum absolute atomic E-state index is 0.242.